The Hall–Kier alpha value is -2.17. The van der Waals surface area contributed by atoms with Crippen LogP contribution in [0.5, 0.6) is 0 Å². The van der Waals surface area contributed by atoms with E-state index < -0.39 is 0 Å². The molecule has 1 aliphatic carbocycles. The zero-order chi connectivity index (χ0) is 18.7. The van der Waals surface area contributed by atoms with E-state index >= 15 is 0 Å². The predicted octanol–water partition coefficient (Wildman–Crippen LogP) is 4.10. The number of carbonyl (C=O) groups is 2. The van der Waals surface area contributed by atoms with Gasteiger partial charge in [-0.1, -0.05) is 44.9 Å². The fourth-order valence-corrected chi connectivity index (χ4v) is 3.98. The average molecular weight is 355 g/mol. The first kappa shape index (κ1) is 18.6. The minimum absolute atomic E-state index is 0.0539. The number of aryl methyl sites for hydroxylation is 1. The first-order valence-corrected chi connectivity index (χ1v) is 9.74. The van der Waals surface area contributed by atoms with Crippen molar-refractivity contribution < 1.29 is 9.59 Å². The minimum atomic E-state index is -0.0539. The molecule has 1 heterocycles. The number of nitrogens with zero attached hydrogens (tertiary/aromatic N) is 2. The number of amides is 1. The second kappa shape index (κ2) is 8.02. The fraction of sp³-hybridized carbons (Fsp3) is 0.571. The Morgan fingerprint density at radius 3 is 2.77 bits per heavy atom. The van der Waals surface area contributed by atoms with E-state index in [0.29, 0.717) is 31.1 Å². The molecule has 0 aliphatic heterocycles. The van der Waals surface area contributed by atoms with E-state index in [1.165, 1.54) is 17.5 Å². The molecule has 0 unspecified atom stereocenters. The van der Waals surface area contributed by atoms with Crippen LogP contribution >= 0.6 is 0 Å². The molecule has 26 heavy (non-hydrogen) atoms. The van der Waals surface area contributed by atoms with Crippen LogP contribution in [-0.2, 0) is 4.79 Å². The lowest BCUT2D eigenvalue weighted by atomic mass is 9.78. The summed E-state index contributed by atoms with van der Waals surface area (Å²) in [5.74, 6) is 1.19. The van der Waals surface area contributed by atoms with Crippen molar-refractivity contribution in [3.63, 3.8) is 0 Å². The second-order valence-electron chi connectivity index (χ2n) is 7.70. The summed E-state index contributed by atoms with van der Waals surface area (Å²) in [5, 5.41) is 8.54. The summed E-state index contributed by atoms with van der Waals surface area (Å²) in [6.07, 6.45) is 4.76. The van der Waals surface area contributed by atoms with Gasteiger partial charge in [-0.3, -0.25) is 9.59 Å². The van der Waals surface area contributed by atoms with Crippen LogP contribution in [0.3, 0.4) is 0 Å². The first-order chi connectivity index (χ1) is 12.5. The van der Waals surface area contributed by atoms with Crippen molar-refractivity contribution in [2.24, 2.45) is 11.8 Å². The number of para-hydroxylation sites is 1. The largest absolute Gasteiger partial charge is 0.353 e. The fourth-order valence-electron chi connectivity index (χ4n) is 3.98. The third kappa shape index (κ3) is 3.97. The monoisotopic (exact) mass is 355 g/mol. The lowest BCUT2D eigenvalue weighted by Crippen LogP contribution is -2.43. The molecule has 3 atom stereocenters. The number of nitrogens with one attached hydrogen (secondary N) is 1. The molecule has 0 radical (unpaired) electrons. The highest BCUT2D eigenvalue weighted by atomic mass is 16.2. The van der Waals surface area contributed by atoms with Crippen LogP contribution in [0, 0.1) is 18.8 Å². The van der Waals surface area contributed by atoms with Crippen molar-refractivity contribution >= 4 is 22.7 Å². The molecule has 2 aromatic rings. The van der Waals surface area contributed by atoms with Gasteiger partial charge in [-0.25, -0.2) is 0 Å². The van der Waals surface area contributed by atoms with Gasteiger partial charge in [0.25, 0.3) is 0 Å². The van der Waals surface area contributed by atoms with Crippen LogP contribution < -0.4 is 5.32 Å². The van der Waals surface area contributed by atoms with Gasteiger partial charge in [-0.2, -0.15) is 9.78 Å². The molecule has 1 saturated carbocycles. The van der Waals surface area contributed by atoms with Crippen molar-refractivity contribution in [2.45, 2.75) is 65.3 Å². The molecule has 0 bridgehead atoms. The zero-order valence-electron chi connectivity index (χ0n) is 16.0. The highest BCUT2D eigenvalue weighted by Gasteiger charge is 2.28. The highest BCUT2D eigenvalue weighted by Crippen LogP contribution is 2.29. The summed E-state index contributed by atoms with van der Waals surface area (Å²) in [7, 11) is 0. The van der Waals surface area contributed by atoms with Crippen LogP contribution in [0.15, 0.2) is 24.3 Å². The Kier molecular flexibility index (Phi) is 5.74. The van der Waals surface area contributed by atoms with E-state index in [0.717, 1.165) is 23.0 Å². The lowest BCUT2D eigenvalue weighted by molar-refractivity contribution is -0.122. The summed E-state index contributed by atoms with van der Waals surface area (Å²) in [6.45, 7) is 6.40. The van der Waals surface area contributed by atoms with Crippen LogP contribution in [0.2, 0.25) is 0 Å². The Morgan fingerprint density at radius 2 is 1.96 bits per heavy atom. The zero-order valence-corrected chi connectivity index (χ0v) is 16.0. The van der Waals surface area contributed by atoms with E-state index in [1.807, 2.05) is 31.2 Å². The number of aromatic nitrogens is 2. The summed E-state index contributed by atoms with van der Waals surface area (Å²) in [5.41, 5.74) is 1.69. The van der Waals surface area contributed by atoms with Gasteiger partial charge in [0.15, 0.2) is 0 Å². The molecular formula is C21H29N3O2. The maximum atomic E-state index is 12.5. The van der Waals surface area contributed by atoms with E-state index in [-0.39, 0.29) is 17.9 Å². The van der Waals surface area contributed by atoms with Gasteiger partial charge in [0, 0.05) is 24.3 Å². The molecular weight excluding hydrogens is 326 g/mol. The van der Waals surface area contributed by atoms with E-state index in [2.05, 4.69) is 24.3 Å². The quantitative estimate of drug-likeness (QED) is 0.878. The van der Waals surface area contributed by atoms with Gasteiger partial charge in [0.05, 0.1) is 11.2 Å². The van der Waals surface area contributed by atoms with Gasteiger partial charge in [-0.15, -0.1) is 0 Å². The van der Waals surface area contributed by atoms with Crippen molar-refractivity contribution in [3.8, 4) is 0 Å². The van der Waals surface area contributed by atoms with E-state index in [9.17, 15) is 9.59 Å². The predicted molar refractivity (Wildman–Crippen MR) is 103 cm³/mol. The van der Waals surface area contributed by atoms with Crippen molar-refractivity contribution in [1.29, 1.82) is 0 Å². The standard InChI is InChI=1S/C21H29N3O2/c1-14-8-6-10-18(15(14)2)22-20(25)12-7-13-21(26)24-19-11-5-4-9-17(19)16(3)23-24/h4-5,9,11,14-15,18H,6-8,10,12-13H2,1-3H3,(H,22,25)/t14-,15-,18-/m1/s1. The molecule has 1 aromatic heterocycles. The number of hydrogen-bond acceptors (Lipinski definition) is 3. The Bertz CT molecular complexity index is 796. The third-order valence-electron chi connectivity index (χ3n) is 5.86. The molecule has 5 heteroatoms. The van der Waals surface area contributed by atoms with Gasteiger partial charge >= 0.3 is 0 Å². The highest BCUT2D eigenvalue weighted by molar-refractivity contribution is 5.92. The SMILES string of the molecule is Cc1nn(C(=O)CCCC(=O)N[C@@H]2CCC[C@@H](C)[C@H]2C)c2ccccc12. The average Bonchev–Trinajstić information content (AvgIpc) is 2.96. The topological polar surface area (TPSA) is 64.0 Å². The second-order valence-corrected chi connectivity index (χ2v) is 7.70. The molecule has 0 spiro atoms. The molecule has 140 valence electrons. The maximum Gasteiger partial charge on any atom is 0.247 e. The molecule has 1 aliphatic rings. The summed E-state index contributed by atoms with van der Waals surface area (Å²) >= 11 is 0. The Morgan fingerprint density at radius 1 is 1.19 bits per heavy atom. The number of hydrogen-bond donors (Lipinski definition) is 1. The molecule has 1 aromatic carbocycles. The number of benzene rings is 1. The first-order valence-electron chi connectivity index (χ1n) is 9.74. The molecule has 1 fully saturated rings. The van der Waals surface area contributed by atoms with Crippen LogP contribution in [0.25, 0.3) is 10.9 Å². The maximum absolute atomic E-state index is 12.5. The summed E-state index contributed by atoms with van der Waals surface area (Å²) < 4.78 is 1.48. The number of rotatable bonds is 5. The number of fused-ring (bicyclic) bond motifs is 1. The van der Waals surface area contributed by atoms with Gasteiger partial charge in [-0.05, 0) is 37.7 Å². The minimum Gasteiger partial charge on any atom is -0.353 e. The Balaban J connectivity index is 1.51. The van der Waals surface area contributed by atoms with Crippen LogP contribution in [0.4, 0.5) is 0 Å². The van der Waals surface area contributed by atoms with Gasteiger partial charge in [0.1, 0.15) is 0 Å². The molecule has 1 N–H and O–H groups in total. The van der Waals surface area contributed by atoms with E-state index in [4.69, 9.17) is 0 Å². The molecule has 0 saturated heterocycles. The van der Waals surface area contributed by atoms with Crippen molar-refractivity contribution in [1.82, 2.24) is 15.1 Å². The van der Waals surface area contributed by atoms with Crippen LogP contribution in [0.1, 0.15) is 62.9 Å². The summed E-state index contributed by atoms with van der Waals surface area (Å²) in [4.78, 5) is 24.8. The molecule has 1 amide bonds. The van der Waals surface area contributed by atoms with Crippen LogP contribution in [-0.4, -0.2) is 27.6 Å². The van der Waals surface area contributed by atoms with Crippen molar-refractivity contribution in [3.05, 3.63) is 30.0 Å². The third-order valence-corrected chi connectivity index (χ3v) is 5.86. The van der Waals surface area contributed by atoms with E-state index in [1.54, 1.807) is 0 Å². The molecule has 5 nitrogen and oxygen atoms in total. The number of carbonyl (C=O) groups excluding carboxylic acids is 2. The lowest BCUT2D eigenvalue weighted by Gasteiger charge is -2.34. The summed E-state index contributed by atoms with van der Waals surface area (Å²) in [6, 6.07) is 8.02. The van der Waals surface area contributed by atoms with Gasteiger partial charge in [0.2, 0.25) is 11.8 Å². The van der Waals surface area contributed by atoms with Crippen molar-refractivity contribution in [2.75, 3.05) is 0 Å². The normalized spacial score (nSPS) is 23.1. The molecule has 3 rings (SSSR count). The Labute approximate surface area is 155 Å². The smallest absolute Gasteiger partial charge is 0.247 e. The van der Waals surface area contributed by atoms with Gasteiger partial charge < -0.3 is 5.32 Å².